The molecule has 0 spiro atoms. The van der Waals surface area contributed by atoms with Gasteiger partial charge in [0.05, 0.1) is 13.7 Å². The van der Waals surface area contributed by atoms with Gasteiger partial charge in [-0.25, -0.2) is 13.1 Å². The van der Waals surface area contributed by atoms with Crippen LogP contribution in [0.2, 0.25) is 0 Å². The van der Waals surface area contributed by atoms with E-state index < -0.39 is 10.0 Å². The highest BCUT2D eigenvalue weighted by Gasteiger charge is 2.19. The SMILES string of the molecule is CCCOc1ccccc1CCCNS(=O)(=O)c1cc(Br)ccc1OC. The first-order chi connectivity index (χ1) is 12.5. The van der Waals surface area contributed by atoms with E-state index in [1.807, 2.05) is 24.3 Å². The molecule has 2 rings (SSSR count). The smallest absolute Gasteiger partial charge is 0.244 e. The predicted octanol–water partition coefficient (Wildman–Crippen LogP) is 4.16. The third-order valence-electron chi connectivity index (χ3n) is 3.76. The summed E-state index contributed by atoms with van der Waals surface area (Å²) in [5, 5.41) is 0. The Morgan fingerprint density at radius 1 is 1.12 bits per heavy atom. The normalized spacial score (nSPS) is 11.3. The number of ether oxygens (including phenoxy) is 2. The van der Waals surface area contributed by atoms with Crippen LogP contribution < -0.4 is 14.2 Å². The molecular weight excluding hydrogens is 418 g/mol. The highest BCUT2D eigenvalue weighted by molar-refractivity contribution is 9.10. The lowest BCUT2D eigenvalue weighted by molar-refractivity contribution is 0.314. The summed E-state index contributed by atoms with van der Waals surface area (Å²) in [6.07, 6.45) is 2.35. The van der Waals surface area contributed by atoms with Gasteiger partial charge in [-0.2, -0.15) is 0 Å². The Labute approximate surface area is 163 Å². The number of nitrogens with one attached hydrogen (secondary N) is 1. The van der Waals surface area contributed by atoms with Gasteiger partial charge in [0, 0.05) is 11.0 Å². The molecule has 0 heterocycles. The summed E-state index contributed by atoms with van der Waals surface area (Å²) in [6, 6.07) is 12.8. The lowest BCUT2D eigenvalue weighted by Gasteiger charge is -2.12. The minimum atomic E-state index is -3.64. The minimum absolute atomic E-state index is 0.126. The van der Waals surface area contributed by atoms with Crippen molar-refractivity contribution in [2.75, 3.05) is 20.3 Å². The molecule has 0 saturated heterocycles. The van der Waals surface area contributed by atoms with E-state index in [0.717, 1.165) is 24.2 Å². The molecule has 7 heteroatoms. The number of methoxy groups -OCH3 is 1. The van der Waals surface area contributed by atoms with Gasteiger partial charge in [0.1, 0.15) is 16.4 Å². The predicted molar refractivity (Wildman–Crippen MR) is 106 cm³/mol. The molecule has 1 N–H and O–H groups in total. The van der Waals surface area contributed by atoms with Crippen LogP contribution in [0.4, 0.5) is 0 Å². The maximum absolute atomic E-state index is 12.5. The van der Waals surface area contributed by atoms with Crippen molar-refractivity contribution < 1.29 is 17.9 Å². The second-order valence-corrected chi connectivity index (χ2v) is 8.40. The topological polar surface area (TPSA) is 64.6 Å². The number of para-hydroxylation sites is 1. The maximum Gasteiger partial charge on any atom is 0.244 e. The van der Waals surface area contributed by atoms with Gasteiger partial charge < -0.3 is 9.47 Å². The lowest BCUT2D eigenvalue weighted by atomic mass is 10.1. The molecular formula is C19H24BrNO4S. The Kier molecular flexibility index (Phi) is 7.93. The molecule has 0 aliphatic heterocycles. The summed E-state index contributed by atoms with van der Waals surface area (Å²) in [7, 11) is -2.19. The van der Waals surface area contributed by atoms with Crippen molar-refractivity contribution in [3.05, 3.63) is 52.5 Å². The summed E-state index contributed by atoms with van der Waals surface area (Å²) >= 11 is 3.30. The third-order valence-corrected chi connectivity index (χ3v) is 5.74. The zero-order valence-electron chi connectivity index (χ0n) is 15.0. The molecule has 142 valence electrons. The zero-order chi connectivity index (χ0) is 19.0. The first kappa shape index (κ1) is 20.7. The number of hydrogen-bond donors (Lipinski definition) is 1. The van der Waals surface area contributed by atoms with Gasteiger partial charge in [-0.05, 0) is 49.1 Å². The van der Waals surface area contributed by atoms with Gasteiger partial charge >= 0.3 is 0 Å². The summed E-state index contributed by atoms with van der Waals surface area (Å²) in [4.78, 5) is 0.126. The first-order valence-electron chi connectivity index (χ1n) is 8.52. The fourth-order valence-electron chi connectivity index (χ4n) is 2.49. The Hall–Kier alpha value is -1.57. The molecule has 0 unspecified atom stereocenters. The fourth-order valence-corrected chi connectivity index (χ4v) is 4.27. The van der Waals surface area contributed by atoms with Crippen molar-refractivity contribution in [1.29, 1.82) is 0 Å². The van der Waals surface area contributed by atoms with Gasteiger partial charge in [-0.3, -0.25) is 0 Å². The largest absolute Gasteiger partial charge is 0.495 e. The van der Waals surface area contributed by atoms with E-state index >= 15 is 0 Å². The van der Waals surface area contributed by atoms with E-state index in [-0.39, 0.29) is 4.90 Å². The van der Waals surface area contributed by atoms with Crippen LogP contribution in [0.25, 0.3) is 0 Å². The Morgan fingerprint density at radius 3 is 2.62 bits per heavy atom. The maximum atomic E-state index is 12.5. The quantitative estimate of drug-likeness (QED) is 0.562. The number of halogens is 1. The minimum Gasteiger partial charge on any atom is -0.495 e. The van der Waals surface area contributed by atoms with Crippen LogP contribution in [0.1, 0.15) is 25.3 Å². The number of rotatable bonds is 10. The van der Waals surface area contributed by atoms with Crippen LogP contribution in [0.3, 0.4) is 0 Å². The van der Waals surface area contributed by atoms with E-state index in [2.05, 4.69) is 27.6 Å². The first-order valence-corrected chi connectivity index (χ1v) is 10.8. The highest BCUT2D eigenvalue weighted by atomic mass is 79.9. The highest BCUT2D eigenvalue weighted by Crippen LogP contribution is 2.27. The van der Waals surface area contributed by atoms with Crippen molar-refractivity contribution >= 4 is 26.0 Å². The molecule has 0 aliphatic carbocycles. The third kappa shape index (κ3) is 5.72. The lowest BCUT2D eigenvalue weighted by Crippen LogP contribution is -2.25. The van der Waals surface area contributed by atoms with Crippen molar-refractivity contribution in [2.45, 2.75) is 31.1 Å². The monoisotopic (exact) mass is 441 g/mol. The van der Waals surface area contributed by atoms with Crippen LogP contribution in [-0.4, -0.2) is 28.7 Å². The molecule has 0 aliphatic rings. The number of benzene rings is 2. The molecule has 0 atom stereocenters. The summed E-state index contributed by atoms with van der Waals surface area (Å²) in [5.74, 6) is 1.19. The Morgan fingerprint density at radius 2 is 1.88 bits per heavy atom. The van der Waals surface area contributed by atoms with Crippen molar-refractivity contribution in [3.8, 4) is 11.5 Å². The average molecular weight is 442 g/mol. The van der Waals surface area contributed by atoms with E-state index in [1.165, 1.54) is 13.2 Å². The summed E-state index contributed by atoms with van der Waals surface area (Å²) < 4.78 is 39.3. The van der Waals surface area contributed by atoms with Gasteiger partial charge in [-0.1, -0.05) is 41.1 Å². The molecule has 0 saturated carbocycles. The summed E-state index contributed by atoms with van der Waals surface area (Å²) in [5.41, 5.74) is 1.08. The van der Waals surface area contributed by atoms with Gasteiger partial charge in [0.2, 0.25) is 10.0 Å². The molecule has 2 aromatic rings. The number of hydrogen-bond acceptors (Lipinski definition) is 4. The molecule has 0 aromatic heterocycles. The van der Waals surface area contributed by atoms with Gasteiger partial charge in [0.25, 0.3) is 0 Å². The van der Waals surface area contributed by atoms with Crippen LogP contribution in [0.15, 0.2) is 51.8 Å². The molecule has 5 nitrogen and oxygen atoms in total. The van der Waals surface area contributed by atoms with Crippen molar-refractivity contribution in [3.63, 3.8) is 0 Å². The van der Waals surface area contributed by atoms with Crippen molar-refractivity contribution in [2.24, 2.45) is 0 Å². The number of aryl methyl sites for hydroxylation is 1. The zero-order valence-corrected chi connectivity index (χ0v) is 17.4. The second kappa shape index (κ2) is 9.94. The average Bonchev–Trinajstić information content (AvgIpc) is 2.64. The van der Waals surface area contributed by atoms with Gasteiger partial charge in [-0.15, -0.1) is 0 Å². The van der Waals surface area contributed by atoms with Crippen molar-refractivity contribution in [1.82, 2.24) is 4.72 Å². The second-order valence-electron chi connectivity index (χ2n) is 5.75. The molecule has 0 bridgehead atoms. The van der Waals surface area contributed by atoms with Gasteiger partial charge in [0.15, 0.2) is 0 Å². The Balaban J connectivity index is 1.97. The van der Waals surface area contributed by atoms with E-state index in [0.29, 0.717) is 29.8 Å². The van der Waals surface area contributed by atoms with Crippen LogP contribution in [0.5, 0.6) is 11.5 Å². The van der Waals surface area contributed by atoms with Crippen LogP contribution in [-0.2, 0) is 16.4 Å². The summed E-state index contributed by atoms with van der Waals surface area (Å²) in [6.45, 7) is 3.07. The van der Waals surface area contributed by atoms with E-state index in [9.17, 15) is 8.42 Å². The van der Waals surface area contributed by atoms with Crippen LogP contribution >= 0.6 is 15.9 Å². The van der Waals surface area contributed by atoms with E-state index in [4.69, 9.17) is 9.47 Å². The fraction of sp³-hybridized carbons (Fsp3) is 0.368. The van der Waals surface area contributed by atoms with Crippen LogP contribution in [0, 0.1) is 0 Å². The number of sulfonamides is 1. The Bertz CT molecular complexity index is 824. The van der Waals surface area contributed by atoms with E-state index in [1.54, 1.807) is 12.1 Å². The molecule has 2 aromatic carbocycles. The molecule has 0 amide bonds. The standard InChI is InChI=1S/C19H24BrNO4S/c1-3-13-25-17-9-5-4-7-15(17)8-6-12-21-26(22,23)19-14-16(20)10-11-18(19)24-2/h4-5,7,9-11,14,21H,3,6,8,12-13H2,1-2H3. The molecule has 0 radical (unpaired) electrons. The molecule has 26 heavy (non-hydrogen) atoms. The molecule has 0 fully saturated rings.